The zero-order chi connectivity index (χ0) is 23.8. The quantitative estimate of drug-likeness (QED) is 0.539. The van der Waals surface area contributed by atoms with Crippen molar-refractivity contribution in [3.63, 3.8) is 0 Å². The minimum Gasteiger partial charge on any atom is -0.396 e. The number of amides is 2. The maximum absolute atomic E-state index is 13.1. The van der Waals surface area contributed by atoms with Gasteiger partial charge in [0.15, 0.2) is 9.84 Å². The first-order valence-electron chi connectivity index (χ1n) is 10.9. The second-order valence-corrected chi connectivity index (χ2v) is 12.9. The predicted molar refractivity (Wildman–Crippen MR) is 129 cm³/mol. The van der Waals surface area contributed by atoms with Gasteiger partial charge in [0, 0.05) is 36.6 Å². The molecular weight excluding hydrogens is 484 g/mol. The van der Waals surface area contributed by atoms with Crippen molar-refractivity contribution < 1.29 is 23.1 Å². The van der Waals surface area contributed by atoms with Crippen LogP contribution in [0.25, 0.3) is 0 Å². The minimum atomic E-state index is -3.46. The fourth-order valence-corrected chi connectivity index (χ4v) is 7.78. The van der Waals surface area contributed by atoms with Crippen LogP contribution in [0, 0.1) is 0 Å². The summed E-state index contributed by atoms with van der Waals surface area (Å²) in [6, 6.07) is 7.22. The summed E-state index contributed by atoms with van der Waals surface area (Å²) in [7, 11) is -3.46. The van der Waals surface area contributed by atoms with Crippen LogP contribution in [0.4, 0.5) is 0 Å². The topological polar surface area (TPSA) is 104 Å². The Hall–Kier alpha value is -1.94. The van der Waals surface area contributed by atoms with Crippen LogP contribution in [0.1, 0.15) is 57.3 Å². The molecule has 2 aromatic rings. The van der Waals surface area contributed by atoms with Gasteiger partial charge in [0.05, 0.1) is 20.4 Å². The lowest BCUT2D eigenvalue weighted by Gasteiger charge is -2.32. The molecule has 0 radical (unpaired) electrons. The average molecular weight is 511 g/mol. The van der Waals surface area contributed by atoms with Crippen LogP contribution in [0.5, 0.6) is 0 Å². The number of fused-ring (bicyclic) bond motifs is 1. The van der Waals surface area contributed by atoms with Crippen molar-refractivity contribution >= 4 is 44.6 Å². The standard InChI is InChI=1S/C23H27ClN2O5S2/c1-15(7-11-27)33(30,31)23(8-9-23)14-26-10-6-18-19(13-32-20(18)22(26)29)21(28)25-12-16-2-4-17(24)5-3-16/h2-5,13,15,27H,6-12,14H2,1H3,(H,25,28). The Kier molecular flexibility index (Phi) is 6.87. The lowest BCUT2D eigenvalue weighted by atomic mass is 10.0. The molecule has 1 atom stereocenters. The van der Waals surface area contributed by atoms with E-state index in [4.69, 9.17) is 16.7 Å². The predicted octanol–water partition coefficient (Wildman–Crippen LogP) is 3.05. The summed E-state index contributed by atoms with van der Waals surface area (Å²) in [5, 5.41) is 13.7. The van der Waals surface area contributed by atoms with Gasteiger partial charge in [-0.2, -0.15) is 0 Å². The number of carbonyl (C=O) groups is 2. The lowest BCUT2D eigenvalue weighted by Crippen LogP contribution is -2.47. The third-order valence-corrected chi connectivity index (χ3v) is 10.9. The van der Waals surface area contributed by atoms with E-state index in [2.05, 4.69) is 5.32 Å². The third kappa shape index (κ3) is 4.69. The van der Waals surface area contributed by atoms with E-state index in [-0.39, 0.29) is 31.4 Å². The Bertz CT molecular complexity index is 1160. The van der Waals surface area contributed by atoms with Crippen molar-refractivity contribution in [2.75, 3.05) is 19.7 Å². The molecule has 2 amide bonds. The molecule has 2 aliphatic rings. The van der Waals surface area contributed by atoms with Crippen molar-refractivity contribution in [1.29, 1.82) is 0 Å². The van der Waals surface area contributed by atoms with Crippen molar-refractivity contribution in [3.8, 4) is 0 Å². The first-order valence-corrected chi connectivity index (χ1v) is 13.8. The van der Waals surface area contributed by atoms with Gasteiger partial charge in [-0.05, 0) is 55.9 Å². The molecule has 0 saturated heterocycles. The molecule has 7 nitrogen and oxygen atoms in total. The van der Waals surface area contributed by atoms with E-state index in [1.54, 1.807) is 29.3 Å². The van der Waals surface area contributed by atoms with Crippen LogP contribution in [0.2, 0.25) is 5.02 Å². The molecule has 0 bridgehead atoms. The summed E-state index contributed by atoms with van der Waals surface area (Å²) in [6.07, 6.45) is 1.77. The molecule has 1 saturated carbocycles. The number of nitrogens with one attached hydrogen (secondary N) is 1. The molecule has 1 aromatic carbocycles. The normalized spacial score (nSPS) is 18.0. The largest absolute Gasteiger partial charge is 0.396 e. The smallest absolute Gasteiger partial charge is 0.264 e. The molecule has 33 heavy (non-hydrogen) atoms. The highest BCUT2D eigenvalue weighted by Gasteiger charge is 2.57. The molecule has 4 rings (SSSR count). The number of nitrogens with zero attached hydrogens (tertiary/aromatic N) is 1. The number of hydrogen-bond donors (Lipinski definition) is 2. The first kappa shape index (κ1) is 24.2. The van der Waals surface area contributed by atoms with Crippen LogP contribution >= 0.6 is 22.9 Å². The van der Waals surface area contributed by atoms with Gasteiger partial charge in [0.2, 0.25) is 0 Å². The molecular formula is C23H27ClN2O5S2. The van der Waals surface area contributed by atoms with Gasteiger partial charge < -0.3 is 15.3 Å². The number of thiophene rings is 1. The second-order valence-electron chi connectivity index (χ2n) is 8.79. The van der Waals surface area contributed by atoms with E-state index < -0.39 is 19.8 Å². The molecule has 10 heteroatoms. The van der Waals surface area contributed by atoms with Crippen molar-refractivity contribution in [2.45, 2.75) is 49.1 Å². The zero-order valence-electron chi connectivity index (χ0n) is 18.3. The number of hydrogen-bond acceptors (Lipinski definition) is 6. The molecule has 1 fully saturated rings. The molecule has 1 aromatic heterocycles. The first-order chi connectivity index (χ1) is 15.7. The van der Waals surface area contributed by atoms with Crippen molar-refractivity contribution in [3.05, 3.63) is 56.2 Å². The molecule has 2 heterocycles. The molecule has 178 valence electrons. The number of carbonyl (C=O) groups excluding carboxylic acids is 2. The van der Waals surface area contributed by atoms with Gasteiger partial charge in [-0.25, -0.2) is 8.42 Å². The Morgan fingerprint density at radius 1 is 1.30 bits per heavy atom. The lowest BCUT2D eigenvalue weighted by molar-refractivity contribution is 0.0741. The second kappa shape index (κ2) is 9.37. The number of benzene rings is 1. The highest BCUT2D eigenvalue weighted by atomic mass is 35.5. The Morgan fingerprint density at radius 2 is 2.00 bits per heavy atom. The maximum Gasteiger partial charge on any atom is 0.264 e. The number of rotatable bonds is 9. The maximum atomic E-state index is 13.1. The van der Waals surface area contributed by atoms with Crippen molar-refractivity contribution in [1.82, 2.24) is 10.2 Å². The fraction of sp³-hybridized carbons (Fsp3) is 0.478. The molecule has 2 N–H and O–H groups in total. The van der Waals surface area contributed by atoms with E-state index in [0.717, 1.165) is 11.1 Å². The summed E-state index contributed by atoms with van der Waals surface area (Å²) in [6.45, 7) is 2.34. The van der Waals surface area contributed by atoms with Crippen LogP contribution in [0.3, 0.4) is 0 Å². The van der Waals surface area contributed by atoms with E-state index in [1.807, 2.05) is 12.1 Å². The minimum absolute atomic E-state index is 0.166. The van der Waals surface area contributed by atoms with E-state index >= 15 is 0 Å². The summed E-state index contributed by atoms with van der Waals surface area (Å²) in [5.74, 6) is -0.447. The van der Waals surface area contributed by atoms with Gasteiger partial charge in [-0.15, -0.1) is 11.3 Å². The van der Waals surface area contributed by atoms with E-state index in [9.17, 15) is 18.0 Å². The summed E-state index contributed by atoms with van der Waals surface area (Å²) < 4.78 is 25.1. The third-order valence-electron chi connectivity index (χ3n) is 6.57. The Morgan fingerprint density at radius 3 is 2.64 bits per heavy atom. The van der Waals surface area contributed by atoms with Gasteiger partial charge in [0.25, 0.3) is 11.8 Å². The Labute approximate surface area is 202 Å². The van der Waals surface area contributed by atoms with Crippen LogP contribution in [0.15, 0.2) is 29.6 Å². The fourth-order valence-electron chi connectivity index (χ4n) is 4.31. The van der Waals surface area contributed by atoms with Crippen LogP contribution in [-0.2, 0) is 22.8 Å². The van der Waals surface area contributed by atoms with Gasteiger partial charge >= 0.3 is 0 Å². The van der Waals surface area contributed by atoms with Crippen molar-refractivity contribution in [2.24, 2.45) is 0 Å². The summed E-state index contributed by atoms with van der Waals surface area (Å²) >= 11 is 7.13. The number of aliphatic hydroxyl groups is 1. The molecule has 1 aliphatic carbocycles. The summed E-state index contributed by atoms with van der Waals surface area (Å²) in [4.78, 5) is 28.0. The SMILES string of the molecule is CC(CCO)S(=O)(=O)C1(CN2CCc3c(C(=O)NCc4ccc(Cl)cc4)csc3C2=O)CC1. The van der Waals surface area contributed by atoms with E-state index in [1.165, 1.54) is 11.3 Å². The van der Waals surface area contributed by atoms with Gasteiger partial charge in [-0.1, -0.05) is 23.7 Å². The van der Waals surface area contributed by atoms with Gasteiger partial charge in [-0.3, -0.25) is 9.59 Å². The number of aliphatic hydroxyl groups excluding tert-OH is 1. The molecule has 1 aliphatic heterocycles. The monoisotopic (exact) mass is 510 g/mol. The van der Waals surface area contributed by atoms with Crippen LogP contribution < -0.4 is 5.32 Å². The number of halogens is 1. The molecule has 1 unspecified atom stereocenters. The van der Waals surface area contributed by atoms with Gasteiger partial charge in [0.1, 0.15) is 0 Å². The number of sulfone groups is 1. The highest BCUT2D eigenvalue weighted by Crippen LogP contribution is 2.47. The van der Waals surface area contributed by atoms with E-state index in [0.29, 0.717) is 47.8 Å². The Balaban J connectivity index is 1.44. The van der Waals surface area contributed by atoms with Crippen LogP contribution in [-0.4, -0.2) is 59.9 Å². The average Bonchev–Trinajstić information content (AvgIpc) is 3.46. The zero-order valence-corrected chi connectivity index (χ0v) is 20.7. The highest BCUT2D eigenvalue weighted by molar-refractivity contribution is 7.93. The molecule has 0 spiro atoms. The summed E-state index contributed by atoms with van der Waals surface area (Å²) in [5.41, 5.74) is 2.16.